The third-order valence-electron chi connectivity index (χ3n) is 7.63. The zero-order valence-corrected chi connectivity index (χ0v) is 22.8. The Balaban J connectivity index is 1.25. The largest absolute Gasteiger partial charge is 0.0654 e. The molecule has 0 heteroatoms. The molecule has 0 aliphatic carbocycles. The molecule has 2 aromatic carbocycles. The van der Waals surface area contributed by atoms with Gasteiger partial charge < -0.3 is 0 Å². The van der Waals surface area contributed by atoms with Gasteiger partial charge in [-0.25, -0.2) is 0 Å². The quantitative estimate of drug-likeness (QED) is 0.143. The van der Waals surface area contributed by atoms with Gasteiger partial charge >= 0.3 is 0 Å². The smallest absolute Gasteiger partial charge is 0.0181 e. The maximum absolute atomic E-state index is 2.38. The highest BCUT2D eigenvalue weighted by atomic mass is 14.0. The van der Waals surface area contributed by atoms with Gasteiger partial charge in [-0.15, -0.1) is 0 Å². The predicted molar refractivity (Wildman–Crippen MR) is 155 cm³/mol. The second-order valence-electron chi connectivity index (χ2n) is 10.9. The molecule has 0 nitrogen and oxygen atoms in total. The number of unbranched alkanes of at least 4 members (excludes halogenated alkanes) is 21. The van der Waals surface area contributed by atoms with E-state index in [4.69, 9.17) is 0 Å². The topological polar surface area (TPSA) is 0 Å². The van der Waals surface area contributed by atoms with Crippen molar-refractivity contribution in [1.29, 1.82) is 0 Å². The first-order valence-electron chi connectivity index (χ1n) is 15.4. The van der Waals surface area contributed by atoms with Crippen LogP contribution in [0, 0.1) is 0 Å². The molecule has 0 fully saturated rings. The maximum atomic E-state index is 2.38. The highest BCUT2D eigenvalue weighted by Crippen LogP contribution is 2.18. The maximum Gasteiger partial charge on any atom is -0.0181 e. The molecule has 0 amide bonds. The molecule has 0 spiro atoms. The predicted octanol–water partition coefficient (Wildman–Crippen LogP) is 12.0. The molecule has 0 N–H and O–H groups in total. The van der Waals surface area contributed by atoms with E-state index in [1.807, 2.05) is 0 Å². The van der Waals surface area contributed by atoms with Crippen molar-refractivity contribution in [2.45, 2.75) is 155 Å². The Morgan fingerprint density at radius 1 is 0.382 bits per heavy atom. The first kappa shape index (κ1) is 28.9. The van der Waals surface area contributed by atoms with Gasteiger partial charge in [-0.05, 0) is 29.2 Å². The third-order valence-corrected chi connectivity index (χ3v) is 7.63. The third kappa shape index (κ3) is 14.9. The van der Waals surface area contributed by atoms with Crippen LogP contribution in [0.15, 0.2) is 42.5 Å². The molecule has 0 bridgehead atoms. The highest BCUT2D eigenvalue weighted by Gasteiger charge is 1.98. The van der Waals surface area contributed by atoms with Crippen molar-refractivity contribution in [3.63, 3.8) is 0 Å². The van der Waals surface area contributed by atoms with E-state index < -0.39 is 0 Å². The Hall–Kier alpha value is -1.30. The Labute approximate surface area is 213 Å². The van der Waals surface area contributed by atoms with Crippen LogP contribution in [0.25, 0.3) is 10.8 Å². The van der Waals surface area contributed by atoms with Crippen LogP contribution in [-0.2, 0) is 6.42 Å². The SMILES string of the molecule is CCCCCCCCCCCCCCCCCCCCCCCCc1ccc2ccccc2c1. The molecule has 0 heterocycles. The summed E-state index contributed by atoms with van der Waals surface area (Å²) in [6, 6.07) is 15.7. The molecular weight excluding hydrogens is 408 g/mol. The minimum absolute atomic E-state index is 1.24. The van der Waals surface area contributed by atoms with Crippen LogP contribution in [-0.4, -0.2) is 0 Å². The average molecular weight is 465 g/mol. The number of benzene rings is 2. The lowest BCUT2D eigenvalue weighted by molar-refractivity contribution is 0.519. The normalized spacial score (nSPS) is 11.4. The molecule has 0 aliphatic rings. The minimum Gasteiger partial charge on any atom is -0.0654 e. The summed E-state index contributed by atoms with van der Waals surface area (Å²) >= 11 is 0. The van der Waals surface area contributed by atoms with E-state index in [9.17, 15) is 0 Å². The zero-order valence-electron chi connectivity index (χ0n) is 22.8. The fraction of sp³-hybridized carbons (Fsp3) is 0.706. The fourth-order valence-electron chi connectivity index (χ4n) is 5.33. The lowest BCUT2D eigenvalue weighted by atomic mass is 10.0. The van der Waals surface area contributed by atoms with Gasteiger partial charge in [0.1, 0.15) is 0 Å². The Morgan fingerprint density at radius 2 is 0.765 bits per heavy atom. The second-order valence-corrected chi connectivity index (χ2v) is 10.9. The molecule has 34 heavy (non-hydrogen) atoms. The van der Waals surface area contributed by atoms with Gasteiger partial charge in [0.25, 0.3) is 0 Å². The van der Waals surface area contributed by atoms with Crippen LogP contribution in [0.1, 0.15) is 154 Å². The minimum atomic E-state index is 1.24. The van der Waals surface area contributed by atoms with Gasteiger partial charge in [0.05, 0.1) is 0 Å². The van der Waals surface area contributed by atoms with Crippen LogP contribution in [0.4, 0.5) is 0 Å². The summed E-state index contributed by atoms with van der Waals surface area (Å²) in [6.07, 6.45) is 33.2. The van der Waals surface area contributed by atoms with Crippen LogP contribution in [0.5, 0.6) is 0 Å². The van der Waals surface area contributed by atoms with Gasteiger partial charge in [0, 0.05) is 0 Å². The van der Waals surface area contributed by atoms with Gasteiger partial charge in [0.15, 0.2) is 0 Å². The lowest BCUT2D eigenvalue weighted by Crippen LogP contribution is -1.87. The van der Waals surface area contributed by atoms with E-state index in [1.165, 1.54) is 164 Å². The van der Waals surface area contributed by atoms with Gasteiger partial charge in [0.2, 0.25) is 0 Å². The van der Waals surface area contributed by atoms with Crippen LogP contribution in [0.3, 0.4) is 0 Å². The van der Waals surface area contributed by atoms with Crippen molar-refractivity contribution in [3.8, 4) is 0 Å². The number of rotatable bonds is 23. The van der Waals surface area contributed by atoms with E-state index in [0.717, 1.165) is 0 Å². The van der Waals surface area contributed by atoms with Crippen molar-refractivity contribution >= 4 is 10.8 Å². The van der Waals surface area contributed by atoms with Crippen molar-refractivity contribution in [1.82, 2.24) is 0 Å². The molecule has 0 saturated carbocycles. The first-order valence-corrected chi connectivity index (χ1v) is 15.4. The molecule has 0 atom stereocenters. The van der Waals surface area contributed by atoms with Crippen LogP contribution in [0.2, 0.25) is 0 Å². The average Bonchev–Trinajstić information content (AvgIpc) is 2.87. The van der Waals surface area contributed by atoms with E-state index in [0.29, 0.717) is 0 Å². The Bertz CT molecular complexity index is 700. The van der Waals surface area contributed by atoms with E-state index >= 15 is 0 Å². The summed E-state index contributed by atoms with van der Waals surface area (Å²) in [7, 11) is 0. The van der Waals surface area contributed by atoms with E-state index in [2.05, 4.69) is 49.4 Å². The molecule has 2 aromatic rings. The summed E-state index contributed by atoms with van der Waals surface area (Å²) < 4.78 is 0. The summed E-state index contributed by atoms with van der Waals surface area (Å²) in [5, 5.41) is 2.75. The van der Waals surface area contributed by atoms with E-state index in [1.54, 1.807) is 0 Å². The molecule has 192 valence electrons. The molecule has 0 aromatic heterocycles. The van der Waals surface area contributed by atoms with Crippen molar-refractivity contribution in [3.05, 3.63) is 48.0 Å². The first-order chi connectivity index (χ1) is 16.9. The highest BCUT2D eigenvalue weighted by molar-refractivity contribution is 5.82. The van der Waals surface area contributed by atoms with Gasteiger partial charge in [-0.3, -0.25) is 0 Å². The molecule has 0 saturated heterocycles. The molecular formula is C34H56. The van der Waals surface area contributed by atoms with Crippen molar-refractivity contribution in [2.75, 3.05) is 0 Å². The molecule has 0 unspecified atom stereocenters. The van der Waals surface area contributed by atoms with Gasteiger partial charge in [-0.2, -0.15) is 0 Å². The number of hydrogen-bond acceptors (Lipinski definition) is 0. The zero-order chi connectivity index (χ0) is 23.9. The van der Waals surface area contributed by atoms with Gasteiger partial charge in [-0.1, -0.05) is 184 Å². The van der Waals surface area contributed by atoms with Crippen molar-refractivity contribution in [2.24, 2.45) is 0 Å². The summed E-state index contributed by atoms with van der Waals surface area (Å²) in [5.41, 5.74) is 1.51. The van der Waals surface area contributed by atoms with Crippen LogP contribution >= 0.6 is 0 Å². The van der Waals surface area contributed by atoms with Crippen LogP contribution < -0.4 is 0 Å². The Morgan fingerprint density at radius 3 is 1.21 bits per heavy atom. The number of fused-ring (bicyclic) bond motifs is 1. The standard InChI is InChI=1S/C34H56/c1-2-3-4-5-6-7-8-9-10-11-12-13-14-15-16-17-18-19-20-21-22-23-26-32-29-30-33-27-24-25-28-34(33)31-32/h24-25,27-31H,2-23,26H2,1H3. The summed E-state index contributed by atoms with van der Waals surface area (Å²) in [4.78, 5) is 0. The summed E-state index contributed by atoms with van der Waals surface area (Å²) in [6.45, 7) is 2.30. The molecule has 0 radical (unpaired) electrons. The number of aryl methyl sites for hydroxylation is 1. The monoisotopic (exact) mass is 464 g/mol. The van der Waals surface area contributed by atoms with Crippen molar-refractivity contribution < 1.29 is 0 Å². The second kappa shape index (κ2) is 21.0. The van der Waals surface area contributed by atoms with E-state index in [-0.39, 0.29) is 0 Å². The molecule has 0 aliphatic heterocycles. The lowest BCUT2D eigenvalue weighted by Gasteiger charge is -2.05. The Kier molecular flexibility index (Phi) is 17.9. The fourth-order valence-corrected chi connectivity index (χ4v) is 5.33. The number of hydrogen-bond donors (Lipinski definition) is 0. The molecule has 2 rings (SSSR count). The summed E-state index contributed by atoms with van der Waals surface area (Å²) in [5.74, 6) is 0.